The molecule has 1 unspecified atom stereocenters. The van der Waals surface area contributed by atoms with Gasteiger partial charge >= 0.3 is 0 Å². The Hall–Kier alpha value is -2.69. The summed E-state index contributed by atoms with van der Waals surface area (Å²) in [6.07, 6.45) is 12.0. The van der Waals surface area contributed by atoms with Crippen LogP contribution in [0.15, 0.2) is 83.4 Å². The van der Waals surface area contributed by atoms with Gasteiger partial charge in [-0.1, -0.05) is 50.3 Å². The lowest BCUT2D eigenvalue weighted by molar-refractivity contribution is -0.437. The highest BCUT2D eigenvalue weighted by Gasteiger charge is 2.44. The fraction of sp³-hybridized carbons (Fsp3) is 0.394. The minimum atomic E-state index is -2.07. The summed E-state index contributed by atoms with van der Waals surface area (Å²) >= 11 is 4.44. The third-order valence-corrected chi connectivity index (χ3v) is 9.59. The second-order valence-corrected chi connectivity index (χ2v) is 13.6. The smallest absolute Gasteiger partial charge is 0.234 e. The monoisotopic (exact) mass is 642 g/mol. The van der Waals surface area contributed by atoms with Crippen LogP contribution in [0.5, 0.6) is 0 Å². The number of hydrogen-bond donors (Lipinski definition) is 3. The van der Waals surface area contributed by atoms with Gasteiger partial charge < -0.3 is 19.3 Å². The molecular weight excluding hydrogens is 602 g/mol. The summed E-state index contributed by atoms with van der Waals surface area (Å²) in [7, 11) is 0. The van der Waals surface area contributed by atoms with Gasteiger partial charge in [0.15, 0.2) is 16.8 Å². The van der Waals surface area contributed by atoms with E-state index in [-0.39, 0.29) is 17.2 Å². The number of halogens is 1. The molecular formula is C33H41ClN3O4S2+. The summed E-state index contributed by atoms with van der Waals surface area (Å²) in [6, 6.07) is 13.9. The zero-order chi connectivity index (χ0) is 31.2. The largest absolute Gasteiger partial charge is 0.355 e. The van der Waals surface area contributed by atoms with Gasteiger partial charge in [-0.05, 0) is 62.1 Å². The van der Waals surface area contributed by atoms with Crippen molar-refractivity contribution in [3.05, 3.63) is 89.7 Å². The van der Waals surface area contributed by atoms with Crippen LogP contribution in [0.4, 0.5) is 11.4 Å². The van der Waals surface area contributed by atoms with Crippen LogP contribution in [-0.4, -0.2) is 60.8 Å². The lowest BCUT2D eigenvalue weighted by Gasteiger charge is -2.27. The Kier molecular flexibility index (Phi) is 11.1. The summed E-state index contributed by atoms with van der Waals surface area (Å²) in [5.41, 5.74) is 6.23. The first kappa shape index (κ1) is 33.2. The fourth-order valence-electron chi connectivity index (χ4n) is 6.04. The van der Waals surface area contributed by atoms with E-state index in [9.17, 15) is 18.1 Å². The fourth-order valence-corrected chi connectivity index (χ4v) is 6.80. The summed E-state index contributed by atoms with van der Waals surface area (Å²) in [5.74, 6) is 0.431. The molecule has 0 spiro atoms. The number of para-hydroxylation sites is 1. The SMILES string of the molecule is CC1(C)C(/C=C/C=C/C=C2\N(CCCNC(=O)CCl)c3ccc(S(=O)O)cc3C2(C)C)=[N+](CCCSO)c2ccccc21. The van der Waals surface area contributed by atoms with Crippen LogP contribution in [-0.2, 0) is 26.7 Å². The molecule has 2 aromatic carbocycles. The number of hydrogen-bond acceptors (Lipinski definition) is 5. The van der Waals surface area contributed by atoms with Gasteiger partial charge in [-0.3, -0.25) is 4.79 Å². The summed E-state index contributed by atoms with van der Waals surface area (Å²) in [5, 5.41) is 2.83. The normalized spacial score (nSPS) is 18.6. The van der Waals surface area contributed by atoms with Gasteiger partial charge in [0.05, 0.1) is 10.3 Å². The Balaban J connectivity index is 1.61. The van der Waals surface area contributed by atoms with Crippen molar-refractivity contribution in [2.45, 2.75) is 56.3 Å². The number of carbonyl (C=O) groups excluding carboxylic acids is 1. The summed E-state index contributed by atoms with van der Waals surface area (Å²) < 4.78 is 33.2. The first-order valence-electron chi connectivity index (χ1n) is 14.5. The van der Waals surface area contributed by atoms with Crippen molar-refractivity contribution < 1.29 is 22.7 Å². The molecule has 1 atom stereocenters. The molecule has 1 amide bonds. The van der Waals surface area contributed by atoms with Crippen LogP contribution in [0.2, 0.25) is 0 Å². The maximum Gasteiger partial charge on any atom is 0.234 e. The van der Waals surface area contributed by atoms with E-state index >= 15 is 0 Å². The average molecular weight is 643 g/mol. The van der Waals surface area contributed by atoms with Crippen LogP contribution in [0.3, 0.4) is 0 Å². The van der Waals surface area contributed by atoms with Crippen LogP contribution >= 0.6 is 23.6 Å². The number of benzene rings is 2. The maximum absolute atomic E-state index is 11.8. The molecule has 0 saturated heterocycles. The number of nitrogens with zero attached hydrogens (tertiary/aromatic N) is 2. The highest BCUT2D eigenvalue weighted by Crippen LogP contribution is 2.48. The Morgan fingerprint density at radius 1 is 1.07 bits per heavy atom. The lowest BCUT2D eigenvalue weighted by Crippen LogP contribution is -2.31. The second kappa shape index (κ2) is 14.4. The van der Waals surface area contributed by atoms with Crippen LogP contribution in [0, 0.1) is 0 Å². The van der Waals surface area contributed by atoms with Crippen molar-refractivity contribution in [2.24, 2.45) is 0 Å². The Morgan fingerprint density at radius 3 is 2.56 bits per heavy atom. The van der Waals surface area contributed by atoms with Crippen molar-refractivity contribution in [3.63, 3.8) is 0 Å². The van der Waals surface area contributed by atoms with Crippen molar-refractivity contribution in [3.8, 4) is 0 Å². The van der Waals surface area contributed by atoms with E-state index in [4.69, 9.17) is 11.6 Å². The van der Waals surface area contributed by atoms with E-state index in [2.05, 4.69) is 85.0 Å². The topological polar surface area (TPSA) is 92.9 Å². The number of carbonyl (C=O) groups is 1. The minimum Gasteiger partial charge on any atom is -0.355 e. The molecule has 0 fully saturated rings. The molecule has 0 aromatic heterocycles. The highest BCUT2D eigenvalue weighted by molar-refractivity contribution is 7.93. The molecule has 4 rings (SSSR count). The van der Waals surface area contributed by atoms with Gasteiger partial charge in [0.1, 0.15) is 12.4 Å². The van der Waals surface area contributed by atoms with Crippen molar-refractivity contribution >= 4 is 57.7 Å². The van der Waals surface area contributed by atoms with Gasteiger partial charge in [0, 0.05) is 59.8 Å². The number of fused-ring (bicyclic) bond motifs is 2. The van der Waals surface area contributed by atoms with Crippen molar-refractivity contribution in [2.75, 3.05) is 36.2 Å². The Morgan fingerprint density at radius 2 is 1.84 bits per heavy atom. The molecule has 230 valence electrons. The lowest BCUT2D eigenvalue weighted by atomic mass is 9.81. The van der Waals surface area contributed by atoms with Crippen molar-refractivity contribution in [1.29, 1.82) is 0 Å². The van der Waals surface area contributed by atoms with Crippen molar-refractivity contribution in [1.82, 2.24) is 5.32 Å². The van der Waals surface area contributed by atoms with E-state index in [0.717, 1.165) is 42.0 Å². The minimum absolute atomic E-state index is 0.0635. The van der Waals surface area contributed by atoms with Crippen LogP contribution in [0.25, 0.3) is 0 Å². The second-order valence-electron chi connectivity index (χ2n) is 11.7. The van der Waals surface area contributed by atoms with Gasteiger partial charge in [0.2, 0.25) is 11.6 Å². The third kappa shape index (κ3) is 7.18. The molecule has 0 bridgehead atoms. The Labute approximate surface area is 266 Å². The molecule has 0 radical (unpaired) electrons. The number of amides is 1. The van der Waals surface area contributed by atoms with E-state index < -0.39 is 16.5 Å². The maximum atomic E-state index is 11.8. The quantitative estimate of drug-likeness (QED) is 0.0557. The molecule has 0 aliphatic carbocycles. The van der Waals surface area contributed by atoms with E-state index in [1.165, 1.54) is 17.0 Å². The first-order valence-corrected chi connectivity index (χ1v) is 17.0. The molecule has 7 nitrogen and oxygen atoms in total. The first-order chi connectivity index (χ1) is 20.5. The molecule has 43 heavy (non-hydrogen) atoms. The van der Waals surface area contributed by atoms with E-state index in [1.807, 2.05) is 24.3 Å². The standard InChI is InChI=1S/C33H40ClN3O4S2/c1-32(2)25-12-8-9-13-27(25)37(20-11-21-42-39)29(32)14-6-5-7-15-30-33(3,4)26-22-24(43(40)41)16-17-28(26)36(30)19-10-18-35-31(38)23-34/h5-9,12-17,22H,10-11,18-21,23H2,1-4H3,(H2-,35,38,39,40,41)/p+1. The number of nitrogens with one attached hydrogen (secondary N) is 1. The zero-order valence-corrected chi connectivity index (χ0v) is 27.6. The predicted octanol–water partition coefficient (Wildman–Crippen LogP) is 6.78. The number of allylic oxidation sites excluding steroid dienone is 6. The van der Waals surface area contributed by atoms with Crippen LogP contribution < -0.4 is 10.2 Å². The summed E-state index contributed by atoms with van der Waals surface area (Å²) in [6.45, 7) is 10.7. The molecule has 2 heterocycles. The zero-order valence-electron chi connectivity index (χ0n) is 25.2. The molecule has 2 aliphatic rings. The molecule has 2 aliphatic heterocycles. The van der Waals surface area contributed by atoms with Gasteiger partial charge in [-0.25, -0.2) is 4.21 Å². The van der Waals surface area contributed by atoms with Crippen LogP contribution in [0.1, 0.15) is 51.7 Å². The van der Waals surface area contributed by atoms with Gasteiger partial charge in [-0.15, -0.1) is 11.6 Å². The number of alkyl halides is 1. The average Bonchev–Trinajstić information content (AvgIpc) is 3.33. The molecule has 10 heteroatoms. The number of rotatable bonds is 13. The predicted molar refractivity (Wildman–Crippen MR) is 180 cm³/mol. The van der Waals surface area contributed by atoms with Gasteiger partial charge in [0.25, 0.3) is 0 Å². The summed E-state index contributed by atoms with van der Waals surface area (Å²) in [4.78, 5) is 14.2. The molecule has 0 saturated carbocycles. The molecule has 2 aromatic rings. The van der Waals surface area contributed by atoms with Gasteiger partial charge in [-0.2, -0.15) is 4.58 Å². The molecule has 3 N–H and O–H groups in total. The number of anilines is 1. The highest BCUT2D eigenvalue weighted by atomic mass is 35.5. The van der Waals surface area contributed by atoms with E-state index in [0.29, 0.717) is 30.2 Å². The van der Waals surface area contributed by atoms with E-state index in [1.54, 1.807) is 6.07 Å². The Bertz CT molecular complexity index is 1500. The third-order valence-electron chi connectivity index (χ3n) is 8.21.